The van der Waals surface area contributed by atoms with E-state index in [1.807, 2.05) is 37.4 Å². The molecule has 1 unspecified atom stereocenters. The molecule has 30 heavy (non-hydrogen) atoms. The zero-order chi connectivity index (χ0) is 21.0. The predicted molar refractivity (Wildman–Crippen MR) is 118 cm³/mol. The molecule has 1 N–H and O–H groups in total. The van der Waals surface area contributed by atoms with Crippen LogP contribution < -0.4 is 19.5 Å². The van der Waals surface area contributed by atoms with Gasteiger partial charge >= 0.3 is 0 Å². The van der Waals surface area contributed by atoms with Gasteiger partial charge in [-0.25, -0.2) is 4.85 Å². The van der Waals surface area contributed by atoms with Crippen molar-refractivity contribution in [1.29, 1.82) is 0 Å². The van der Waals surface area contributed by atoms with Crippen LogP contribution in [0.5, 0.6) is 17.2 Å². The summed E-state index contributed by atoms with van der Waals surface area (Å²) in [7, 11) is 1.87. The SMILES string of the molecule is [C-]#[N+]c1cc(OCCCCCCCC2CO2)ccc1OCOc1ccc(NC)cc1. The zero-order valence-electron chi connectivity index (χ0n) is 17.6. The molecule has 3 rings (SSSR count). The van der Waals surface area contributed by atoms with E-state index < -0.39 is 0 Å². The van der Waals surface area contributed by atoms with E-state index in [9.17, 15) is 0 Å². The number of benzene rings is 2. The number of hydrogen-bond donors (Lipinski definition) is 1. The van der Waals surface area contributed by atoms with Gasteiger partial charge in [-0.2, -0.15) is 0 Å². The zero-order valence-corrected chi connectivity index (χ0v) is 17.6. The normalized spacial score (nSPS) is 14.6. The Morgan fingerprint density at radius 3 is 2.43 bits per heavy atom. The maximum atomic E-state index is 7.40. The second kappa shape index (κ2) is 11.9. The van der Waals surface area contributed by atoms with Gasteiger partial charge in [-0.05, 0) is 55.3 Å². The van der Waals surface area contributed by atoms with Crippen LogP contribution in [0, 0.1) is 6.57 Å². The fourth-order valence-electron chi connectivity index (χ4n) is 3.10. The van der Waals surface area contributed by atoms with Crippen molar-refractivity contribution in [3.63, 3.8) is 0 Å². The van der Waals surface area contributed by atoms with E-state index in [1.54, 1.807) is 12.1 Å². The summed E-state index contributed by atoms with van der Waals surface area (Å²) in [5.74, 6) is 1.89. The molecule has 1 aliphatic rings. The molecule has 2 aromatic rings. The summed E-state index contributed by atoms with van der Waals surface area (Å²) in [5, 5.41) is 3.06. The first-order valence-corrected chi connectivity index (χ1v) is 10.6. The van der Waals surface area contributed by atoms with Crippen molar-refractivity contribution in [1.82, 2.24) is 0 Å². The Balaban J connectivity index is 1.34. The van der Waals surface area contributed by atoms with Gasteiger partial charge in [0.2, 0.25) is 12.5 Å². The molecule has 160 valence electrons. The van der Waals surface area contributed by atoms with E-state index in [0.717, 1.165) is 25.1 Å². The lowest BCUT2D eigenvalue weighted by atomic mass is 10.1. The second-order valence-corrected chi connectivity index (χ2v) is 7.28. The number of nitrogens with one attached hydrogen (secondary N) is 1. The molecule has 0 bridgehead atoms. The van der Waals surface area contributed by atoms with Crippen molar-refractivity contribution in [3.8, 4) is 17.2 Å². The van der Waals surface area contributed by atoms with Crippen LogP contribution in [0.25, 0.3) is 4.85 Å². The van der Waals surface area contributed by atoms with E-state index in [4.69, 9.17) is 25.5 Å². The van der Waals surface area contributed by atoms with Gasteiger partial charge in [0.1, 0.15) is 17.2 Å². The third kappa shape index (κ3) is 7.49. The van der Waals surface area contributed by atoms with Crippen molar-refractivity contribution in [2.24, 2.45) is 0 Å². The molecule has 0 radical (unpaired) electrons. The minimum Gasteiger partial charge on any atom is -0.495 e. The molecule has 0 aliphatic carbocycles. The van der Waals surface area contributed by atoms with Crippen molar-refractivity contribution >= 4 is 11.4 Å². The Labute approximate surface area is 178 Å². The average molecular weight is 411 g/mol. The Kier molecular flexibility index (Phi) is 8.67. The third-order valence-electron chi connectivity index (χ3n) is 4.98. The van der Waals surface area contributed by atoms with Crippen LogP contribution in [0.1, 0.15) is 38.5 Å². The summed E-state index contributed by atoms with van der Waals surface area (Å²) in [4.78, 5) is 3.55. The summed E-state index contributed by atoms with van der Waals surface area (Å²) in [6.45, 7) is 9.06. The van der Waals surface area contributed by atoms with Crippen LogP contribution in [0.15, 0.2) is 42.5 Å². The molecule has 1 aliphatic heterocycles. The molecule has 1 saturated heterocycles. The molecule has 0 aromatic heterocycles. The lowest BCUT2D eigenvalue weighted by Gasteiger charge is -2.12. The first-order valence-electron chi connectivity index (χ1n) is 10.6. The Morgan fingerprint density at radius 1 is 0.967 bits per heavy atom. The number of ether oxygens (including phenoxy) is 4. The van der Waals surface area contributed by atoms with Crippen molar-refractivity contribution in [2.45, 2.75) is 44.6 Å². The highest BCUT2D eigenvalue weighted by Crippen LogP contribution is 2.32. The predicted octanol–water partition coefficient (Wildman–Crippen LogP) is 5.81. The van der Waals surface area contributed by atoms with Crippen molar-refractivity contribution in [3.05, 3.63) is 53.9 Å². The van der Waals surface area contributed by atoms with Crippen molar-refractivity contribution < 1.29 is 18.9 Å². The number of rotatable bonds is 14. The largest absolute Gasteiger partial charge is 0.495 e. The summed E-state index contributed by atoms with van der Waals surface area (Å²) in [5.41, 5.74) is 1.43. The maximum absolute atomic E-state index is 7.40. The standard InChI is InChI=1S/C24H30N2O4/c1-25-19-9-11-20(12-10-19)29-18-30-24-14-13-21(16-23(24)26-2)27-15-7-5-3-4-6-8-22-17-28-22/h9-14,16,22,25H,3-8,15,17-18H2,1H3. The first-order chi connectivity index (χ1) is 14.8. The van der Waals surface area contributed by atoms with Gasteiger partial charge in [0, 0.05) is 12.7 Å². The minimum absolute atomic E-state index is 0.0362. The van der Waals surface area contributed by atoms with Crippen LogP contribution in [0.4, 0.5) is 11.4 Å². The van der Waals surface area contributed by atoms with Gasteiger partial charge in [0.15, 0.2) is 0 Å². The highest BCUT2D eigenvalue weighted by molar-refractivity contribution is 5.60. The Bertz CT molecular complexity index is 813. The van der Waals surface area contributed by atoms with E-state index in [0.29, 0.717) is 35.6 Å². The lowest BCUT2D eigenvalue weighted by molar-refractivity contribution is 0.120. The summed E-state index contributed by atoms with van der Waals surface area (Å²) < 4.78 is 22.2. The number of hydrogen-bond acceptors (Lipinski definition) is 5. The molecular weight excluding hydrogens is 380 g/mol. The lowest BCUT2D eigenvalue weighted by Crippen LogP contribution is -2.06. The minimum atomic E-state index is 0.0362. The van der Waals surface area contributed by atoms with E-state index in [1.165, 1.54) is 25.7 Å². The van der Waals surface area contributed by atoms with Gasteiger partial charge in [0.25, 0.3) is 0 Å². The summed E-state index contributed by atoms with van der Waals surface area (Å²) >= 11 is 0. The second-order valence-electron chi connectivity index (χ2n) is 7.28. The first kappa shape index (κ1) is 21.8. The number of epoxide rings is 1. The smallest absolute Gasteiger partial charge is 0.231 e. The topological polar surface area (TPSA) is 56.6 Å². The fourth-order valence-corrected chi connectivity index (χ4v) is 3.10. The Hall–Kier alpha value is -2.91. The van der Waals surface area contributed by atoms with Gasteiger partial charge in [0.05, 0.1) is 25.9 Å². The van der Waals surface area contributed by atoms with Gasteiger partial charge in [-0.3, -0.25) is 0 Å². The molecule has 2 aromatic carbocycles. The molecule has 1 atom stereocenters. The molecule has 6 nitrogen and oxygen atoms in total. The van der Waals surface area contributed by atoms with Gasteiger partial charge in [-0.1, -0.05) is 25.7 Å². The van der Waals surface area contributed by atoms with Crippen LogP contribution in [-0.4, -0.2) is 33.2 Å². The average Bonchev–Trinajstić information content (AvgIpc) is 3.61. The number of unbranched alkanes of at least 4 members (excludes halogenated alkanes) is 4. The highest BCUT2D eigenvalue weighted by atomic mass is 16.7. The monoisotopic (exact) mass is 410 g/mol. The molecule has 0 amide bonds. The van der Waals surface area contributed by atoms with Gasteiger partial charge in [-0.15, -0.1) is 0 Å². The Morgan fingerprint density at radius 2 is 1.70 bits per heavy atom. The molecule has 0 spiro atoms. The van der Waals surface area contributed by atoms with Crippen LogP contribution >= 0.6 is 0 Å². The van der Waals surface area contributed by atoms with Crippen molar-refractivity contribution in [2.75, 3.05) is 32.4 Å². The molecule has 1 heterocycles. The molecular formula is C24H30N2O4. The highest BCUT2D eigenvalue weighted by Gasteiger charge is 2.20. The molecule has 1 fully saturated rings. The van der Waals surface area contributed by atoms with Crippen LogP contribution in [0.3, 0.4) is 0 Å². The maximum Gasteiger partial charge on any atom is 0.231 e. The molecule has 6 heteroatoms. The third-order valence-corrected chi connectivity index (χ3v) is 4.98. The fraction of sp³-hybridized carbons (Fsp3) is 0.458. The summed E-state index contributed by atoms with van der Waals surface area (Å²) in [6, 6.07) is 12.9. The number of anilines is 1. The van der Waals surface area contributed by atoms with E-state index in [-0.39, 0.29) is 6.79 Å². The van der Waals surface area contributed by atoms with E-state index >= 15 is 0 Å². The summed E-state index contributed by atoms with van der Waals surface area (Å²) in [6.07, 6.45) is 7.68. The number of nitrogens with zero attached hydrogens (tertiary/aromatic N) is 1. The van der Waals surface area contributed by atoms with E-state index in [2.05, 4.69) is 10.2 Å². The quantitative estimate of drug-likeness (QED) is 0.184. The van der Waals surface area contributed by atoms with Crippen LogP contribution in [-0.2, 0) is 4.74 Å². The molecule has 0 saturated carbocycles. The van der Waals surface area contributed by atoms with Gasteiger partial charge < -0.3 is 24.3 Å². The van der Waals surface area contributed by atoms with Crippen LogP contribution in [0.2, 0.25) is 0 Å².